The van der Waals surface area contributed by atoms with Crippen LogP contribution in [0.25, 0.3) is 0 Å². The maximum absolute atomic E-state index is 2.44. The Bertz CT molecular complexity index is 846. The van der Waals surface area contributed by atoms with Crippen LogP contribution >= 0.6 is 7.26 Å². The van der Waals surface area contributed by atoms with Crippen molar-refractivity contribution in [2.75, 3.05) is 6.16 Å². The first-order chi connectivity index (χ1) is 15.7. The molecule has 170 valence electrons. The fourth-order valence-electron chi connectivity index (χ4n) is 4.80. The highest BCUT2D eigenvalue weighted by Crippen LogP contribution is 2.56. The van der Waals surface area contributed by atoms with Gasteiger partial charge in [-0.15, -0.1) is 0 Å². The van der Waals surface area contributed by atoms with Crippen LogP contribution in [0.2, 0.25) is 0 Å². The zero-order valence-corrected chi connectivity index (χ0v) is 21.4. The van der Waals surface area contributed by atoms with Crippen LogP contribution in [0.15, 0.2) is 78.9 Å². The van der Waals surface area contributed by atoms with Crippen LogP contribution in [0.5, 0.6) is 0 Å². The summed E-state index contributed by atoms with van der Waals surface area (Å²) in [7, 11) is -1.68. The van der Waals surface area contributed by atoms with Crippen molar-refractivity contribution < 1.29 is 0 Å². The average molecular weight is 446 g/mol. The molecule has 0 aliphatic heterocycles. The molecule has 0 aliphatic carbocycles. The minimum atomic E-state index is -1.68. The molecule has 0 bridgehead atoms. The second-order valence-electron chi connectivity index (χ2n) is 9.03. The van der Waals surface area contributed by atoms with Gasteiger partial charge < -0.3 is 0 Å². The third kappa shape index (κ3) is 6.11. The van der Waals surface area contributed by atoms with Crippen LogP contribution in [-0.4, -0.2) is 6.16 Å². The molecule has 0 saturated heterocycles. The van der Waals surface area contributed by atoms with E-state index in [4.69, 9.17) is 0 Å². The van der Waals surface area contributed by atoms with Crippen molar-refractivity contribution in [2.24, 2.45) is 0 Å². The van der Waals surface area contributed by atoms with Crippen LogP contribution in [0.3, 0.4) is 0 Å². The van der Waals surface area contributed by atoms with Crippen molar-refractivity contribution in [1.82, 2.24) is 0 Å². The highest BCUT2D eigenvalue weighted by Gasteiger charge is 2.44. The predicted octanol–water partition coefficient (Wildman–Crippen LogP) is 7.86. The average Bonchev–Trinajstić information content (AvgIpc) is 2.87. The van der Waals surface area contributed by atoms with E-state index in [1.54, 1.807) is 0 Å². The van der Waals surface area contributed by atoms with Gasteiger partial charge in [-0.25, -0.2) is 0 Å². The van der Waals surface area contributed by atoms with Crippen LogP contribution < -0.4 is 15.9 Å². The number of aryl methyl sites for hydroxylation is 2. The van der Waals surface area contributed by atoms with E-state index in [0.717, 1.165) is 12.8 Å². The number of hydrogen-bond donors (Lipinski definition) is 0. The second kappa shape index (κ2) is 13.0. The molecule has 1 heteroatoms. The Morgan fingerprint density at radius 1 is 0.469 bits per heavy atom. The Balaban J connectivity index is 1.99. The summed E-state index contributed by atoms with van der Waals surface area (Å²) in [6, 6.07) is 30.6. The summed E-state index contributed by atoms with van der Waals surface area (Å²) in [5.41, 5.74) is 2.86. The molecular weight excluding hydrogens is 403 g/mol. The summed E-state index contributed by atoms with van der Waals surface area (Å²) in [5.74, 6) is 0. The van der Waals surface area contributed by atoms with Crippen molar-refractivity contribution in [3.05, 3.63) is 90.0 Å². The first-order valence-corrected chi connectivity index (χ1v) is 14.8. The van der Waals surface area contributed by atoms with Gasteiger partial charge >= 0.3 is 0 Å². The van der Waals surface area contributed by atoms with Gasteiger partial charge in [-0.3, -0.25) is 0 Å². The molecule has 3 rings (SSSR count). The van der Waals surface area contributed by atoms with Crippen molar-refractivity contribution in [2.45, 2.75) is 78.6 Å². The fourth-order valence-corrected chi connectivity index (χ4v) is 9.16. The Labute approximate surface area is 197 Å². The van der Waals surface area contributed by atoms with Crippen molar-refractivity contribution in [3.8, 4) is 0 Å². The molecule has 0 aromatic heterocycles. The zero-order chi connectivity index (χ0) is 22.7. The van der Waals surface area contributed by atoms with E-state index in [-0.39, 0.29) is 0 Å². The van der Waals surface area contributed by atoms with Crippen LogP contribution in [0.1, 0.15) is 76.8 Å². The van der Waals surface area contributed by atoms with E-state index in [2.05, 4.69) is 99.6 Å². The van der Waals surface area contributed by atoms with E-state index < -0.39 is 7.26 Å². The lowest BCUT2D eigenvalue weighted by molar-refractivity contribution is 0.603. The van der Waals surface area contributed by atoms with Gasteiger partial charge in [0, 0.05) is 0 Å². The summed E-state index contributed by atoms with van der Waals surface area (Å²) in [6.45, 7) is 6.79. The summed E-state index contributed by atoms with van der Waals surface area (Å²) < 4.78 is 0. The molecule has 0 radical (unpaired) electrons. The third-order valence-electron chi connectivity index (χ3n) is 6.86. The minimum absolute atomic E-state index is 1.10. The molecule has 0 nitrogen and oxygen atoms in total. The van der Waals surface area contributed by atoms with Gasteiger partial charge in [0.1, 0.15) is 23.2 Å². The molecule has 0 fully saturated rings. The first-order valence-electron chi connectivity index (χ1n) is 12.9. The van der Waals surface area contributed by atoms with Crippen molar-refractivity contribution >= 4 is 23.2 Å². The van der Waals surface area contributed by atoms with Gasteiger partial charge in [0.15, 0.2) is 0 Å². The maximum atomic E-state index is 2.44. The summed E-state index contributed by atoms with van der Waals surface area (Å²) in [6.07, 6.45) is 13.0. The number of rotatable bonds is 13. The highest BCUT2D eigenvalue weighted by molar-refractivity contribution is 7.95. The van der Waals surface area contributed by atoms with Gasteiger partial charge in [0.2, 0.25) is 0 Å². The van der Waals surface area contributed by atoms with E-state index in [1.165, 1.54) is 78.1 Å². The van der Waals surface area contributed by atoms with Gasteiger partial charge in [0.25, 0.3) is 0 Å². The Morgan fingerprint density at radius 2 is 0.906 bits per heavy atom. The quantitative estimate of drug-likeness (QED) is 0.186. The predicted molar refractivity (Wildman–Crippen MR) is 147 cm³/mol. The van der Waals surface area contributed by atoms with Gasteiger partial charge in [0.05, 0.1) is 6.16 Å². The monoisotopic (exact) mass is 445 g/mol. The third-order valence-corrected chi connectivity index (χ3v) is 11.4. The molecular formula is C31H42P+. The van der Waals surface area contributed by atoms with Crippen molar-refractivity contribution in [3.63, 3.8) is 0 Å². The second-order valence-corrected chi connectivity index (χ2v) is 12.6. The summed E-state index contributed by atoms with van der Waals surface area (Å²) >= 11 is 0. The first kappa shape index (κ1) is 24.7. The highest BCUT2D eigenvalue weighted by atomic mass is 31.2. The van der Waals surface area contributed by atoms with E-state index in [0.29, 0.717) is 0 Å². The molecule has 0 spiro atoms. The minimum Gasteiger partial charge on any atom is -0.0654 e. The molecule has 0 unspecified atom stereocenters. The topological polar surface area (TPSA) is 0 Å². The molecule has 0 amide bonds. The number of hydrogen-bond acceptors (Lipinski definition) is 0. The van der Waals surface area contributed by atoms with E-state index >= 15 is 0 Å². The number of unbranched alkanes of at least 4 members (excludes halogenated alkanes) is 6. The lowest BCUT2D eigenvalue weighted by atomic mass is 10.1. The largest absolute Gasteiger partial charge is 0.112 e. The molecule has 0 atom stereocenters. The van der Waals surface area contributed by atoms with Gasteiger partial charge in [-0.1, -0.05) is 95.3 Å². The smallest absolute Gasteiger partial charge is 0.0654 e. The molecule has 3 aromatic carbocycles. The SMILES string of the molecule is CCCCCCCCC[P+](c1ccccc1)(c1ccc(CC)cc1)c1ccc(CC)cc1. The Hall–Kier alpha value is -1.91. The van der Waals surface area contributed by atoms with E-state index in [1.807, 2.05) is 0 Å². The van der Waals surface area contributed by atoms with Gasteiger partial charge in [-0.05, 0) is 73.2 Å². The standard InChI is InChI=1S/C31H42P/c1-4-7-8-9-10-11-15-26-32(29-16-13-12-14-17-29,30-22-18-27(5-2)19-23-30)31-24-20-28(6-3)21-25-31/h12-14,16-25H,4-11,15,26H2,1-3H3/q+1. The summed E-state index contributed by atoms with van der Waals surface area (Å²) in [5, 5.41) is 4.60. The molecule has 0 N–H and O–H groups in total. The van der Waals surface area contributed by atoms with Crippen LogP contribution in [0.4, 0.5) is 0 Å². The van der Waals surface area contributed by atoms with Crippen LogP contribution in [-0.2, 0) is 12.8 Å². The summed E-state index contributed by atoms with van der Waals surface area (Å²) in [4.78, 5) is 0. The number of benzene rings is 3. The normalized spacial score (nSPS) is 11.6. The molecule has 0 aliphatic rings. The van der Waals surface area contributed by atoms with E-state index in [9.17, 15) is 0 Å². The molecule has 3 aromatic rings. The Kier molecular flexibility index (Phi) is 10.0. The fraction of sp³-hybridized carbons (Fsp3) is 0.419. The van der Waals surface area contributed by atoms with Crippen molar-refractivity contribution in [1.29, 1.82) is 0 Å². The maximum Gasteiger partial charge on any atom is 0.112 e. The zero-order valence-electron chi connectivity index (χ0n) is 20.5. The Morgan fingerprint density at radius 3 is 1.38 bits per heavy atom. The van der Waals surface area contributed by atoms with Crippen LogP contribution in [0, 0.1) is 0 Å². The molecule has 32 heavy (non-hydrogen) atoms. The molecule has 0 heterocycles. The lowest BCUT2D eigenvalue weighted by Crippen LogP contribution is -2.33. The lowest BCUT2D eigenvalue weighted by Gasteiger charge is -2.28. The van der Waals surface area contributed by atoms with Gasteiger partial charge in [-0.2, -0.15) is 0 Å². The molecule has 0 saturated carbocycles.